The fraction of sp³-hybridized carbons (Fsp3) is 0.0526. The molecule has 120 valence electrons. The Morgan fingerprint density at radius 1 is 0.522 bits per heavy atom. The smallest absolute Gasteiger partial charge is 0.146 e. The van der Waals surface area contributed by atoms with Crippen LogP contribution in [0.4, 0.5) is 0 Å². The molecule has 0 unspecified atom stereocenters. The molecule has 0 aliphatic heterocycles. The lowest BCUT2D eigenvalue weighted by molar-refractivity contribution is 1.71. The summed E-state index contributed by atoms with van der Waals surface area (Å²) in [4.78, 5) is 0. The predicted octanol–water partition coefficient (Wildman–Crippen LogP) is 5.02. The molecule has 0 radical (unpaired) electrons. The van der Waals surface area contributed by atoms with E-state index < -0.39 is 7.26 Å². The summed E-state index contributed by atoms with van der Waals surface area (Å²) >= 11 is 6.58. The van der Waals surface area contributed by atoms with E-state index in [0.717, 1.165) is 0 Å². The monoisotopic (exact) mass is 383 g/mol. The summed E-state index contributed by atoms with van der Waals surface area (Å²) in [6, 6.07) is 32.0. The maximum Gasteiger partial charge on any atom is 0.146 e. The van der Waals surface area contributed by atoms with Gasteiger partial charge in [0.25, 0.3) is 0 Å². The number of alkyl halides is 1. The first-order valence-electron chi connectivity index (χ1n) is 6.99. The van der Waals surface area contributed by atoms with Crippen LogP contribution in [0.25, 0.3) is 0 Å². The lowest BCUT2D eigenvalue weighted by atomic mass is 10.4. The second-order valence-corrected chi connectivity index (χ2v) is 9.06. The van der Waals surface area contributed by atoms with Crippen molar-refractivity contribution in [1.82, 2.24) is 0 Å². The molecule has 3 rings (SSSR count). The van der Waals surface area contributed by atoms with Crippen LogP contribution in [0, 0.1) is 0 Å². The lowest BCUT2D eigenvalue weighted by Gasteiger charge is -2.25. The Morgan fingerprint density at radius 3 is 1.00 bits per heavy atom. The quantitative estimate of drug-likeness (QED) is 0.438. The molecule has 4 heteroatoms. The minimum absolute atomic E-state index is 0. The van der Waals surface area contributed by atoms with Crippen LogP contribution in [0.15, 0.2) is 91.0 Å². The first-order valence-corrected chi connectivity index (χ1v) is 9.49. The van der Waals surface area contributed by atoms with Gasteiger partial charge in [0.1, 0.15) is 28.8 Å². The highest BCUT2D eigenvalue weighted by Crippen LogP contribution is 2.55. The zero-order valence-electron chi connectivity index (χ0n) is 12.5. The molecule has 0 aliphatic rings. The van der Waals surface area contributed by atoms with Crippen LogP contribution in [0.2, 0.25) is 0 Å². The van der Waals surface area contributed by atoms with E-state index in [1.54, 1.807) is 0 Å². The summed E-state index contributed by atoms with van der Waals surface area (Å²) in [6.07, 6.45) is 0. The number of benzene rings is 3. The molecule has 0 amide bonds. The number of hydrogen-bond donors (Lipinski definition) is 0. The maximum absolute atomic E-state index is 6.58. The van der Waals surface area contributed by atoms with Crippen molar-refractivity contribution in [1.29, 1.82) is 0 Å². The van der Waals surface area contributed by atoms with Gasteiger partial charge in [0.2, 0.25) is 0 Å². The van der Waals surface area contributed by atoms with Gasteiger partial charge < -0.3 is 0 Å². The van der Waals surface area contributed by atoms with Gasteiger partial charge in [0, 0.05) is 0 Å². The molecule has 0 aromatic heterocycles. The number of halogens is 3. The Balaban J connectivity index is 0.00000132. The molecule has 0 saturated carbocycles. The van der Waals surface area contributed by atoms with Crippen LogP contribution in [0.5, 0.6) is 0 Å². The van der Waals surface area contributed by atoms with Gasteiger partial charge in [-0.2, -0.15) is 0 Å². The fourth-order valence-electron chi connectivity index (χ4n) is 2.70. The third-order valence-electron chi connectivity index (χ3n) is 3.77. The minimum atomic E-state index is -1.77. The molecule has 0 bridgehead atoms. The average Bonchev–Trinajstić information content (AvgIpc) is 2.59. The van der Waals surface area contributed by atoms with Crippen molar-refractivity contribution >= 4 is 59.6 Å². The predicted molar refractivity (Wildman–Crippen MR) is 110 cm³/mol. The number of hydrogen-bond acceptors (Lipinski definition) is 0. The Hall–Kier alpha value is -1.04. The van der Waals surface area contributed by atoms with Crippen molar-refractivity contribution < 1.29 is 0 Å². The first kappa shape index (κ1) is 20.0. The maximum atomic E-state index is 6.58. The van der Waals surface area contributed by atoms with Gasteiger partial charge in [-0.1, -0.05) is 66.2 Å². The van der Waals surface area contributed by atoms with Gasteiger partial charge in [-0.3, -0.25) is 0 Å². The molecule has 23 heavy (non-hydrogen) atoms. The molecule has 0 nitrogen and oxygen atoms in total. The normalized spacial score (nSPS) is 10.3. The minimum Gasteiger partial charge on any atom is -0.147 e. The molecular formula is C19H19Cl3P+. The zero-order chi connectivity index (χ0) is 14.5. The van der Waals surface area contributed by atoms with Crippen molar-refractivity contribution in [2.75, 3.05) is 5.62 Å². The third-order valence-corrected chi connectivity index (χ3v) is 8.74. The van der Waals surface area contributed by atoms with Crippen molar-refractivity contribution in [2.24, 2.45) is 0 Å². The van der Waals surface area contributed by atoms with Crippen LogP contribution in [-0.2, 0) is 0 Å². The molecular weight excluding hydrogens is 366 g/mol. The standard InChI is InChI=1S/C19H17ClP.2ClH/c20-16-21(17-10-4-1-5-11-17,18-12-6-2-7-13-18)19-14-8-3-9-15-19;;/h1-15H,16H2;2*1H/q+1;;. The van der Waals surface area contributed by atoms with Gasteiger partial charge in [0.05, 0.1) is 0 Å². The molecule has 0 fully saturated rings. The Morgan fingerprint density at radius 2 is 0.783 bits per heavy atom. The third kappa shape index (κ3) is 3.90. The lowest BCUT2D eigenvalue weighted by Crippen LogP contribution is -2.32. The summed E-state index contributed by atoms with van der Waals surface area (Å²) in [5, 5.41) is 3.99. The van der Waals surface area contributed by atoms with E-state index in [-0.39, 0.29) is 24.8 Å². The topological polar surface area (TPSA) is 0 Å². The zero-order valence-corrected chi connectivity index (χ0v) is 15.8. The van der Waals surface area contributed by atoms with Gasteiger partial charge in [0.15, 0.2) is 0 Å². The molecule has 0 saturated heterocycles. The summed E-state index contributed by atoms with van der Waals surface area (Å²) in [6.45, 7) is 0. The van der Waals surface area contributed by atoms with Crippen LogP contribution in [0.3, 0.4) is 0 Å². The summed E-state index contributed by atoms with van der Waals surface area (Å²) in [5.41, 5.74) is 0.616. The molecule has 0 spiro atoms. The first-order chi connectivity index (χ1) is 10.4. The molecule has 0 atom stereocenters. The largest absolute Gasteiger partial charge is 0.147 e. The van der Waals surface area contributed by atoms with Crippen molar-refractivity contribution in [3.8, 4) is 0 Å². The summed E-state index contributed by atoms with van der Waals surface area (Å²) in [7, 11) is -1.77. The SMILES string of the molecule is Cl.Cl.ClC[P+](c1ccccc1)(c1ccccc1)c1ccccc1. The van der Waals surface area contributed by atoms with Gasteiger partial charge in [-0.25, -0.2) is 0 Å². The van der Waals surface area contributed by atoms with Crippen LogP contribution in [0.1, 0.15) is 0 Å². The van der Waals surface area contributed by atoms with Crippen molar-refractivity contribution in [3.05, 3.63) is 91.0 Å². The van der Waals surface area contributed by atoms with E-state index >= 15 is 0 Å². The highest BCUT2D eigenvalue weighted by atomic mass is 35.5. The Labute approximate surface area is 156 Å². The van der Waals surface area contributed by atoms with E-state index in [1.807, 2.05) is 0 Å². The van der Waals surface area contributed by atoms with Crippen LogP contribution >= 0.6 is 43.7 Å². The van der Waals surface area contributed by atoms with E-state index in [9.17, 15) is 0 Å². The van der Waals surface area contributed by atoms with E-state index in [4.69, 9.17) is 11.6 Å². The molecule has 3 aromatic carbocycles. The van der Waals surface area contributed by atoms with Crippen molar-refractivity contribution in [2.45, 2.75) is 0 Å². The average molecular weight is 385 g/mol. The molecule has 0 N–H and O–H groups in total. The fourth-order valence-corrected chi connectivity index (χ4v) is 7.30. The molecule has 3 aromatic rings. The Kier molecular flexibility index (Phi) is 8.09. The highest BCUT2D eigenvalue weighted by Gasteiger charge is 2.44. The molecule has 0 aliphatic carbocycles. The molecule has 0 heterocycles. The number of rotatable bonds is 4. The summed E-state index contributed by atoms with van der Waals surface area (Å²) < 4.78 is 0. The second kappa shape index (κ2) is 9.30. The van der Waals surface area contributed by atoms with Crippen LogP contribution < -0.4 is 15.9 Å². The highest BCUT2D eigenvalue weighted by molar-refractivity contribution is 7.96. The summed E-state index contributed by atoms with van der Waals surface area (Å²) in [5.74, 6) is 0. The second-order valence-electron chi connectivity index (χ2n) is 4.94. The van der Waals surface area contributed by atoms with E-state index in [2.05, 4.69) is 91.0 Å². The van der Waals surface area contributed by atoms with Crippen molar-refractivity contribution in [3.63, 3.8) is 0 Å². The van der Waals surface area contributed by atoms with Gasteiger partial charge in [-0.15, -0.1) is 24.8 Å². The van der Waals surface area contributed by atoms with E-state index in [0.29, 0.717) is 5.62 Å². The van der Waals surface area contributed by atoms with E-state index in [1.165, 1.54) is 15.9 Å². The van der Waals surface area contributed by atoms with Gasteiger partial charge in [-0.05, 0) is 36.4 Å². The van der Waals surface area contributed by atoms with Crippen LogP contribution in [-0.4, -0.2) is 5.62 Å². The van der Waals surface area contributed by atoms with Gasteiger partial charge >= 0.3 is 0 Å². The Bertz CT molecular complexity index is 591.